The molecule has 0 saturated heterocycles. The topological polar surface area (TPSA) is 67.6 Å². The van der Waals surface area contributed by atoms with Crippen LogP contribution in [0.5, 0.6) is 0 Å². The van der Waals surface area contributed by atoms with Gasteiger partial charge in [-0.3, -0.25) is 0 Å². The number of aryl methyl sites for hydroxylation is 1. The summed E-state index contributed by atoms with van der Waals surface area (Å²) in [7, 11) is 0. The van der Waals surface area contributed by atoms with E-state index in [1.54, 1.807) is 0 Å². The lowest BCUT2D eigenvalue weighted by Gasteiger charge is -2.24. The maximum absolute atomic E-state index is 5.93. The Bertz CT molecular complexity index is 523. The number of imidazole rings is 1. The SMILES string of the molecule is Cc1ccc2[nH]c(C3CCC(N)CC3)nc2n1. The summed E-state index contributed by atoms with van der Waals surface area (Å²) < 4.78 is 0. The number of rotatable bonds is 1. The second-order valence-corrected chi connectivity index (χ2v) is 5.06. The minimum atomic E-state index is 0.385. The highest BCUT2D eigenvalue weighted by molar-refractivity contribution is 5.70. The summed E-state index contributed by atoms with van der Waals surface area (Å²) in [4.78, 5) is 12.4. The van der Waals surface area contributed by atoms with Crippen molar-refractivity contribution in [2.75, 3.05) is 0 Å². The molecule has 2 aromatic heterocycles. The Balaban J connectivity index is 1.90. The van der Waals surface area contributed by atoms with E-state index in [0.717, 1.165) is 48.4 Å². The molecule has 1 fully saturated rings. The fourth-order valence-corrected chi connectivity index (χ4v) is 2.59. The van der Waals surface area contributed by atoms with Gasteiger partial charge in [-0.25, -0.2) is 9.97 Å². The van der Waals surface area contributed by atoms with E-state index in [1.807, 2.05) is 13.0 Å². The third kappa shape index (κ3) is 2.05. The zero-order chi connectivity index (χ0) is 11.8. The van der Waals surface area contributed by atoms with Crippen LogP contribution in [0.4, 0.5) is 0 Å². The third-order valence-corrected chi connectivity index (χ3v) is 3.66. The molecule has 0 spiro atoms. The van der Waals surface area contributed by atoms with Crippen LogP contribution in [0.25, 0.3) is 11.2 Å². The predicted molar refractivity (Wildman–Crippen MR) is 67.8 cm³/mol. The van der Waals surface area contributed by atoms with Crippen molar-refractivity contribution in [3.63, 3.8) is 0 Å². The standard InChI is InChI=1S/C13H18N4/c1-8-2-7-11-13(15-8)17-12(16-11)9-3-5-10(14)6-4-9/h2,7,9-10H,3-6,14H2,1H3,(H,15,16,17). The van der Waals surface area contributed by atoms with E-state index in [0.29, 0.717) is 12.0 Å². The van der Waals surface area contributed by atoms with E-state index in [4.69, 9.17) is 5.73 Å². The van der Waals surface area contributed by atoms with Crippen molar-refractivity contribution in [3.8, 4) is 0 Å². The van der Waals surface area contributed by atoms with Gasteiger partial charge in [-0.2, -0.15) is 0 Å². The molecule has 90 valence electrons. The van der Waals surface area contributed by atoms with E-state index in [-0.39, 0.29) is 0 Å². The number of nitrogens with zero attached hydrogens (tertiary/aromatic N) is 2. The van der Waals surface area contributed by atoms with Crippen LogP contribution in [0, 0.1) is 6.92 Å². The molecule has 2 heterocycles. The number of nitrogens with two attached hydrogens (primary N) is 1. The second-order valence-electron chi connectivity index (χ2n) is 5.06. The minimum absolute atomic E-state index is 0.385. The highest BCUT2D eigenvalue weighted by Crippen LogP contribution is 2.31. The van der Waals surface area contributed by atoms with E-state index < -0.39 is 0 Å². The molecule has 4 heteroatoms. The summed E-state index contributed by atoms with van der Waals surface area (Å²) in [5.74, 6) is 1.62. The summed E-state index contributed by atoms with van der Waals surface area (Å²) in [6.45, 7) is 1.99. The molecular weight excluding hydrogens is 212 g/mol. The Morgan fingerprint density at radius 2 is 1.94 bits per heavy atom. The first-order valence-electron chi connectivity index (χ1n) is 6.31. The zero-order valence-electron chi connectivity index (χ0n) is 10.1. The number of nitrogens with one attached hydrogen (secondary N) is 1. The number of aromatic nitrogens is 3. The van der Waals surface area contributed by atoms with Crippen LogP contribution < -0.4 is 5.73 Å². The van der Waals surface area contributed by atoms with E-state index in [2.05, 4.69) is 21.0 Å². The lowest BCUT2D eigenvalue weighted by atomic mass is 9.86. The van der Waals surface area contributed by atoms with Crippen molar-refractivity contribution < 1.29 is 0 Å². The average Bonchev–Trinajstić information content (AvgIpc) is 2.72. The molecule has 1 aliphatic carbocycles. The minimum Gasteiger partial charge on any atom is -0.340 e. The van der Waals surface area contributed by atoms with E-state index in [1.165, 1.54) is 0 Å². The van der Waals surface area contributed by atoms with Crippen molar-refractivity contribution in [2.24, 2.45) is 5.73 Å². The zero-order valence-corrected chi connectivity index (χ0v) is 10.1. The summed E-state index contributed by atoms with van der Waals surface area (Å²) in [5.41, 5.74) is 8.83. The van der Waals surface area contributed by atoms with Crippen molar-refractivity contribution >= 4 is 11.2 Å². The molecule has 0 bridgehead atoms. The van der Waals surface area contributed by atoms with Crippen molar-refractivity contribution in [3.05, 3.63) is 23.7 Å². The maximum atomic E-state index is 5.93. The van der Waals surface area contributed by atoms with Gasteiger partial charge in [-0.05, 0) is 44.7 Å². The third-order valence-electron chi connectivity index (χ3n) is 3.66. The second kappa shape index (κ2) is 4.11. The fourth-order valence-electron chi connectivity index (χ4n) is 2.59. The van der Waals surface area contributed by atoms with Crippen LogP contribution in [-0.4, -0.2) is 21.0 Å². The largest absolute Gasteiger partial charge is 0.340 e. The normalized spacial score (nSPS) is 25.3. The number of pyridine rings is 1. The monoisotopic (exact) mass is 230 g/mol. The number of hydrogen-bond acceptors (Lipinski definition) is 3. The molecule has 0 unspecified atom stereocenters. The molecule has 3 rings (SSSR count). The lowest BCUT2D eigenvalue weighted by Crippen LogP contribution is -2.26. The Labute approximate surface area is 101 Å². The molecular formula is C13H18N4. The van der Waals surface area contributed by atoms with Crippen LogP contribution in [0.2, 0.25) is 0 Å². The van der Waals surface area contributed by atoms with Crippen LogP contribution in [0.1, 0.15) is 43.1 Å². The average molecular weight is 230 g/mol. The molecule has 2 aromatic rings. The molecule has 0 atom stereocenters. The van der Waals surface area contributed by atoms with Gasteiger partial charge in [-0.1, -0.05) is 0 Å². The van der Waals surface area contributed by atoms with Gasteiger partial charge in [0.2, 0.25) is 0 Å². The summed E-state index contributed by atoms with van der Waals surface area (Å²) in [5, 5.41) is 0. The van der Waals surface area contributed by atoms with E-state index >= 15 is 0 Å². The van der Waals surface area contributed by atoms with Gasteiger partial charge in [0, 0.05) is 17.7 Å². The van der Waals surface area contributed by atoms with Gasteiger partial charge in [0.25, 0.3) is 0 Å². The summed E-state index contributed by atoms with van der Waals surface area (Å²) in [6.07, 6.45) is 4.49. The molecule has 17 heavy (non-hydrogen) atoms. The Kier molecular flexibility index (Phi) is 2.59. The van der Waals surface area contributed by atoms with Crippen LogP contribution >= 0.6 is 0 Å². The number of aromatic amines is 1. The number of H-pyrrole nitrogens is 1. The first-order valence-corrected chi connectivity index (χ1v) is 6.31. The molecule has 1 aliphatic rings. The number of hydrogen-bond donors (Lipinski definition) is 2. The van der Waals surface area contributed by atoms with E-state index in [9.17, 15) is 0 Å². The lowest BCUT2D eigenvalue weighted by molar-refractivity contribution is 0.386. The molecule has 1 saturated carbocycles. The molecule has 0 aromatic carbocycles. The van der Waals surface area contributed by atoms with Crippen LogP contribution in [-0.2, 0) is 0 Å². The van der Waals surface area contributed by atoms with Gasteiger partial charge in [0.05, 0.1) is 5.52 Å². The Morgan fingerprint density at radius 1 is 1.18 bits per heavy atom. The first kappa shape index (κ1) is 10.7. The fraction of sp³-hybridized carbons (Fsp3) is 0.538. The molecule has 4 nitrogen and oxygen atoms in total. The van der Waals surface area contributed by atoms with Gasteiger partial charge >= 0.3 is 0 Å². The van der Waals surface area contributed by atoms with Gasteiger partial charge in [-0.15, -0.1) is 0 Å². The highest BCUT2D eigenvalue weighted by Gasteiger charge is 2.22. The molecule has 0 radical (unpaired) electrons. The smallest absolute Gasteiger partial charge is 0.177 e. The van der Waals surface area contributed by atoms with Gasteiger partial charge in [0.1, 0.15) is 5.82 Å². The predicted octanol–water partition coefficient (Wildman–Crippen LogP) is 2.25. The molecule has 0 aliphatic heterocycles. The first-order chi connectivity index (χ1) is 8.22. The molecule has 0 amide bonds. The maximum Gasteiger partial charge on any atom is 0.177 e. The number of fused-ring (bicyclic) bond motifs is 1. The Morgan fingerprint density at radius 3 is 2.71 bits per heavy atom. The quantitative estimate of drug-likeness (QED) is 0.789. The van der Waals surface area contributed by atoms with Gasteiger partial charge in [0.15, 0.2) is 5.65 Å². The Hall–Kier alpha value is -1.42. The van der Waals surface area contributed by atoms with Crippen molar-refractivity contribution in [1.82, 2.24) is 15.0 Å². The van der Waals surface area contributed by atoms with Crippen molar-refractivity contribution in [1.29, 1.82) is 0 Å². The van der Waals surface area contributed by atoms with Crippen LogP contribution in [0.15, 0.2) is 12.1 Å². The highest BCUT2D eigenvalue weighted by atomic mass is 15.0. The summed E-state index contributed by atoms with van der Waals surface area (Å²) in [6, 6.07) is 4.46. The van der Waals surface area contributed by atoms with Gasteiger partial charge < -0.3 is 10.7 Å². The summed E-state index contributed by atoms with van der Waals surface area (Å²) >= 11 is 0. The van der Waals surface area contributed by atoms with Crippen LogP contribution in [0.3, 0.4) is 0 Å². The van der Waals surface area contributed by atoms with Crippen molar-refractivity contribution in [2.45, 2.75) is 44.6 Å². The molecule has 3 N–H and O–H groups in total.